The number of urea groups is 1. The van der Waals surface area contributed by atoms with Crippen molar-refractivity contribution in [3.05, 3.63) is 34.4 Å². The van der Waals surface area contributed by atoms with Crippen molar-refractivity contribution in [3.63, 3.8) is 0 Å². The predicted molar refractivity (Wildman–Crippen MR) is 68.2 cm³/mol. The minimum atomic E-state index is -0.273. The first-order valence-corrected chi connectivity index (χ1v) is 5.60. The Morgan fingerprint density at radius 3 is 2.29 bits per heavy atom. The molecule has 1 aromatic carbocycles. The van der Waals surface area contributed by atoms with Crippen LogP contribution in [0.4, 0.5) is 4.79 Å². The fraction of sp³-hybridized carbons (Fsp3) is 0.385. The molecule has 0 radical (unpaired) electrons. The van der Waals surface area contributed by atoms with Crippen LogP contribution < -0.4 is 5.73 Å². The van der Waals surface area contributed by atoms with Crippen molar-refractivity contribution in [1.82, 2.24) is 4.90 Å². The van der Waals surface area contributed by atoms with E-state index in [2.05, 4.69) is 31.0 Å². The number of carbonyl (C=O) groups is 1. The normalized spacial score (nSPS) is 19.8. The minimum absolute atomic E-state index is 0.221. The predicted octanol–water partition coefficient (Wildman–Crippen LogP) is 2.08. The van der Waals surface area contributed by atoms with E-state index in [9.17, 15) is 4.79 Å². The summed E-state index contributed by atoms with van der Waals surface area (Å²) in [7, 11) is 1.73. The number of nitrogens with zero attached hydrogens (tertiary/aromatic N) is 2. The third kappa shape index (κ3) is 1.79. The molecule has 17 heavy (non-hydrogen) atoms. The molecule has 0 bridgehead atoms. The molecule has 0 fully saturated rings. The van der Waals surface area contributed by atoms with Gasteiger partial charge in [0.1, 0.15) is 11.9 Å². The summed E-state index contributed by atoms with van der Waals surface area (Å²) in [6.45, 7) is 6.17. The SMILES string of the molecule is Cc1cc(C)c(C2C(N)=NC(=O)N2C)cc1C. The van der Waals surface area contributed by atoms with Gasteiger partial charge >= 0.3 is 6.03 Å². The van der Waals surface area contributed by atoms with E-state index in [4.69, 9.17) is 5.73 Å². The smallest absolute Gasteiger partial charge is 0.345 e. The first kappa shape index (κ1) is 11.6. The van der Waals surface area contributed by atoms with Crippen LogP contribution in [0, 0.1) is 20.8 Å². The summed E-state index contributed by atoms with van der Waals surface area (Å²) in [5.74, 6) is 0.379. The number of benzene rings is 1. The lowest BCUT2D eigenvalue weighted by atomic mass is 9.95. The van der Waals surface area contributed by atoms with E-state index in [1.165, 1.54) is 11.1 Å². The van der Waals surface area contributed by atoms with Crippen molar-refractivity contribution in [2.24, 2.45) is 10.7 Å². The molecular formula is C13H17N3O. The number of hydrogen-bond acceptors (Lipinski definition) is 2. The molecule has 1 heterocycles. The van der Waals surface area contributed by atoms with Crippen molar-refractivity contribution >= 4 is 11.9 Å². The second-order valence-electron chi connectivity index (χ2n) is 4.63. The summed E-state index contributed by atoms with van der Waals surface area (Å²) in [5, 5.41) is 0. The average Bonchev–Trinajstić information content (AvgIpc) is 2.48. The van der Waals surface area contributed by atoms with E-state index in [1.54, 1.807) is 11.9 Å². The van der Waals surface area contributed by atoms with E-state index >= 15 is 0 Å². The Balaban J connectivity index is 2.52. The highest BCUT2D eigenvalue weighted by Gasteiger charge is 2.32. The third-order valence-corrected chi connectivity index (χ3v) is 3.37. The van der Waals surface area contributed by atoms with Crippen LogP contribution in [0.2, 0.25) is 0 Å². The third-order valence-electron chi connectivity index (χ3n) is 3.37. The zero-order valence-electron chi connectivity index (χ0n) is 10.6. The Morgan fingerprint density at radius 2 is 1.76 bits per heavy atom. The summed E-state index contributed by atoms with van der Waals surface area (Å²) in [6.07, 6.45) is 0. The number of likely N-dealkylation sites (N-methyl/N-ethyl adjacent to an activating group) is 1. The number of aryl methyl sites for hydroxylation is 3. The number of carbonyl (C=O) groups excluding carboxylic acids is 1. The van der Waals surface area contributed by atoms with Crippen LogP contribution in [-0.2, 0) is 0 Å². The van der Waals surface area contributed by atoms with Crippen molar-refractivity contribution in [3.8, 4) is 0 Å². The maximum atomic E-state index is 11.5. The van der Waals surface area contributed by atoms with Crippen LogP contribution in [-0.4, -0.2) is 23.8 Å². The largest absolute Gasteiger partial charge is 0.385 e. The first-order chi connectivity index (χ1) is 7.91. The van der Waals surface area contributed by atoms with Gasteiger partial charge in [0.15, 0.2) is 0 Å². The first-order valence-electron chi connectivity index (χ1n) is 5.60. The van der Waals surface area contributed by atoms with Gasteiger partial charge in [-0.2, -0.15) is 4.99 Å². The summed E-state index contributed by atoms with van der Waals surface area (Å²) in [5.41, 5.74) is 10.5. The maximum absolute atomic E-state index is 11.5. The molecule has 2 rings (SSSR count). The highest BCUT2D eigenvalue weighted by Crippen LogP contribution is 2.29. The number of amidine groups is 1. The van der Waals surface area contributed by atoms with Crippen LogP contribution in [0.15, 0.2) is 17.1 Å². The number of aliphatic imine (C=N–C) groups is 1. The quantitative estimate of drug-likeness (QED) is 0.804. The van der Waals surface area contributed by atoms with E-state index < -0.39 is 0 Å². The van der Waals surface area contributed by atoms with Crippen LogP contribution in [0.1, 0.15) is 28.3 Å². The summed E-state index contributed by atoms with van der Waals surface area (Å²) < 4.78 is 0. The van der Waals surface area contributed by atoms with Gasteiger partial charge in [0.05, 0.1) is 0 Å². The van der Waals surface area contributed by atoms with Crippen molar-refractivity contribution < 1.29 is 4.79 Å². The van der Waals surface area contributed by atoms with Crippen LogP contribution in [0.25, 0.3) is 0 Å². The lowest BCUT2D eigenvalue weighted by Crippen LogP contribution is -2.30. The monoisotopic (exact) mass is 231 g/mol. The second-order valence-corrected chi connectivity index (χ2v) is 4.63. The standard InChI is InChI=1S/C13H17N3O/c1-7-5-9(3)10(6-8(7)2)11-12(14)15-13(17)16(11)4/h5-6,11H,1-4H3,(H2,14,15,17). The molecule has 0 saturated heterocycles. The molecule has 90 valence electrons. The molecule has 1 aliphatic rings. The van der Waals surface area contributed by atoms with Gasteiger partial charge in [0.25, 0.3) is 0 Å². The highest BCUT2D eigenvalue weighted by molar-refractivity contribution is 6.03. The van der Waals surface area contributed by atoms with E-state index in [1.807, 2.05) is 6.92 Å². The molecule has 1 atom stereocenters. The highest BCUT2D eigenvalue weighted by atomic mass is 16.2. The second kappa shape index (κ2) is 3.87. The van der Waals surface area contributed by atoms with Gasteiger partial charge in [-0.15, -0.1) is 0 Å². The molecule has 0 aromatic heterocycles. The van der Waals surface area contributed by atoms with Crippen molar-refractivity contribution in [2.45, 2.75) is 26.8 Å². The average molecular weight is 231 g/mol. The van der Waals surface area contributed by atoms with Gasteiger partial charge in [0, 0.05) is 7.05 Å². The summed E-state index contributed by atoms with van der Waals surface area (Å²) in [4.78, 5) is 16.9. The van der Waals surface area contributed by atoms with Crippen molar-refractivity contribution in [2.75, 3.05) is 7.05 Å². The lowest BCUT2D eigenvalue weighted by Gasteiger charge is -2.22. The fourth-order valence-electron chi connectivity index (χ4n) is 2.20. The molecule has 0 spiro atoms. The van der Waals surface area contributed by atoms with Gasteiger partial charge in [0.2, 0.25) is 0 Å². The molecule has 4 nitrogen and oxygen atoms in total. The Kier molecular flexibility index (Phi) is 2.65. The minimum Gasteiger partial charge on any atom is -0.385 e. The molecule has 0 saturated carbocycles. The summed E-state index contributed by atoms with van der Waals surface area (Å²) >= 11 is 0. The van der Waals surface area contributed by atoms with Crippen molar-refractivity contribution in [1.29, 1.82) is 0 Å². The molecular weight excluding hydrogens is 214 g/mol. The molecule has 2 amide bonds. The van der Waals surface area contributed by atoms with E-state index in [0.717, 1.165) is 11.1 Å². The molecule has 1 aliphatic heterocycles. The van der Waals surface area contributed by atoms with Crippen LogP contribution >= 0.6 is 0 Å². The Labute approximate surface area is 101 Å². The molecule has 0 aliphatic carbocycles. The Bertz CT molecular complexity index is 520. The lowest BCUT2D eigenvalue weighted by molar-refractivity contribution is 0.218. The molecule has 4 heteroatoms. The molecule has 2 N–H and O–H groups in total. The topological polar surface area (TPSA) is 58.7 Å². The zero-order chi connectivity index (χ0) is 12.7. The van der Waals surface area contributed by atoms with Gasteiger partial charge in [-0.25, -0.2) is 4.79 Å². The molecule has 1 unspecified atom stereocenters. The summed E-state index contributed by atoms with van der Waals surface area (Å²) in [6, 6.07) is 3.72. The van der Waals surface area contributed by atoms with Gasteiger partial charge in [-0.1, -0.05) is 12.1 Å². The Morgan fingerprint density at radius 1 is 1.18 bits per heavy atom. The van der Waals surface area contributed by atoms with Crippen LogP contribution in [0.3, 0.4) is 0 Å². The number of amides is 2. The number of rotatable bonds is 1. The van der Waals surface area contributed by atoms with Gasteiger partial charge in [-0.3, -0.25) is 0 Å². The maximum Gasteiger partial charge on any atom is 0.345 e. The molecule has 1 aromatic rings. The zero-order valence-corrected chi connectivity index (χ0v) is 10.6. The van der Waals surface area contributed by atoms with Crippen LogP contribution in [0.5, 0.6) is 0 Å². The van der Waals surface area contributed by atoms with Gasteiger partial charge < -0.3 is 10.6 Å². The van der Waals surface area contributed by atoms with Gasteiger partial charge in [-0.05, 0) is 43.0 Å². The van der Waals surface area contributed by atoms with E-state index in [-0.39, 0.29) is 12.1 Å². The van der Waals surface area contributed by atoms with E-state index in [0.29, 0.717) is 5.84 Å². The number of hydrogen-bond donors (Lipinski definition) is 1. The Hall–Kier alpha value is -1.84. The number of nitrogens with two attached hydrogens (primary N) is 1. The fourth-order valence-corrected chi connectivity index (χ4v) is 2.20.